The summed E-state index contributed by atoms with van der Waals surface area (Å²) in [6, 6.07) is 12.2. The molecule has 25 heavy (non-hydrogen) atoms. The fraction of sp³-hybridized carbons (Fsp3) is 0.158. The van der Waals surface area contributed by atoms with E-state index < -0.39 is 0 Å². The summed E-state index contributed by atoms with van der Waals surface area (Å²) in [4.78, 5) is 24.0. The summed E-state index contributed by atoms with van der Waals surface area (Å²) in [5.74, 6) is 5.90. The van der Waals surface area contributed by atoms with Gasteiger partial charge in [0.1, 0.15) is 5.75 Å². The van der Waals surface area contributed by atoms with Gasteiger partial charge in [-0.05, 0) is 46.3 Å². The predicted molar refractivity (Wildman–Crippen MR) is 99.7 cm³/mol. The van der Waals surface area contributed by atoms with E-state index in [1.54, 1.807) is 50.6 Å². The summed E-state index contributed by atoms with van der Waals surface area (Å²) in [6.45, 7) is 0.157. The number of hydrogen-bond acceptors (Lipinski definition) is 3. The third-order valence-corrected chi connectivity index (χ3v) is 4.07. The van der Waals surface area contributed by atoms with Crippen molar-refractivity contribution in [1.82, 2.24) is 10.6 Å². The van der Waals surface area contributed by atoms with Crippen LogP contribution >= 0.6 is 15.9 Å². The minimum absolute atomic E-state index is 0.157. The molecule has 0 radical (unpaired) electrons. The molecule has 0 aromatic heterocycles. The molecule has 2 rings (SSSR count). The zero-order chi connectivity index (χ0) is 18.2. The number of rotatable bonds is 4. The first kappa shape index (κ1) is 18.6. The third kappa shape index (κ3) is 4.85. The molecule has 0 bridgehead atoms. The van der Waals surface area contributed by atoms with Crippen molar-refractivity contribution in [1.29, 1.82) is 0 Å². The van der Waals surface area contributed by atoms with Gasteiger partial charge in [-0.3, -0.25) is 9.59 Å². The van der Waals surface area contributed by atoms with Crippen LogP contribution in [0, 0.1) is 11.8 Å². The van der Waals surface area contributed by atoms with Crippen LogP contribution in [-0.4, -0.2) is 32.5 Å². The Morgan fingerprint density at radius 1 is 1.12 bits per heavy atom. The summed E-state index contributed by atoms with van der Waals surface area (Å²) in [7, 11) is 3.11. The zero-order valence-corrected chi connectivity index (χ0v) is 15.4. The third-order valence-electron chi connectivity index (χ3n) is 3.38. The molecule has 2 aromatic carbocycles. The van der Waals surface area contributed by atoms with Crippen LogP contribution in [0.15, 0.2) is 46.9 Å². The average Bonchev–Trinajstić information content (AvgIpc) is 2.65. The lowest BCUT2D eigenvalue weighted by molar-refractivity contribution is 0.0951. The first-order valence-corrected chi connectivity index (χ1v) is 8.28. The smallest absolute Gasteiger partial charge is 0.253 e. The van der Waals surface area contributed by atoms with Crippen LogP contribution in [0.4, 0.5) is 0 Å². The van der Waals surface area contributed by atoms with Crippen molar-refractivity contribution in [2.24, 2.45) is 0 Å². The second-order valence-electron chi connectivity index (χ2n) is 4.95. The van der Waals surface area contributed by atoms with E-state index >= 15 is 0 Å². The van der Waals surface area contributed by atoms with Crippen LogP contribution in [0.2, 0.25) is 0 Å². The number of carbonyl (C=O) groups excluding carboxylic acids is 2. The maximum Gasteiger partial charge on any atom is 0.253 e. The second kappa shape index (κ2) is 8.90. The highest BCUT2D eigenvalue weighted by Gasteiger charge is 2.10. The molecule has 0 spiro atoms. The van der Waals surface area contributed by atoms with Gasteiger partial charge >= 0.3 is 0 Å². The van der Waals surface area contributed by atoms with Gasteiger partial charge in [-0.2, -0.15) is 0 Å². The van der Waals surface area contributed by atoms with E-state index in [1.165, 1.54) is 0 Å². The average molecular weight is 401 g/mol. The lowest BCUT2D eigenvalue weighted by atomic mass is 10.1. The van der Waals surface area contributed by atoms with Gasteiger partial charge in [-0.25, -0.2) is 0 Å². The molecule has 0 atom stereocenters. The van der Waals surface area contributed by atoms with E-state index in [-0.39, 0.29) is 18.4 Å². The van der Waals surface area contributed by atoms with Crippen LogP contribution in [0.5, 0.6) is 5.75 Å². The summed E-state index contributed by atoms with van der Waals surface area (Å²) in [6.07, 6.45) is 0. The fourth-order valence-electron chi connectivity index (χ4n) is 2.09. The van der Waals surface area contributed by atoms with E-state index in [9.17, 15) is 9.59 Å². The number of benzene rings is 2. The SMILES string of the molecule is CNC(=O)c1ccccc1C#CCNC(=O)c1cc(OC)ccc1Br. The molecular weight excluding hydrogens is 384 g/mol. The summed E-state index contributed by atoms with van der Waals surface area (Å²) in [5.41, 5.74) is 1.57. The Hall–Kier alpha value is -2.78. The van der Waals surface area contributed by atoms with Gasteiger partial charge < -0.3 is 15.4 Å². The number of amides is 2. The molecule has 0 unspecified atom stereocenters. The largest absolute Gasteiger partial charge is 0.497 e. The van der Waals surface area contributed by atoms with Gasteiger partial charge in [0.15, 0.2) is 0 Å². The molecule has 6 heteroatoms. The molecule has 2 amide bonds. The molecule has 0 saturated heterocycles. The van der Waals surface area contributed by atoms with Gasteiger partial charge in [0, 0.05) is 17.1 Å². The molecular formula is C19H17BrN2O3. The van der Waals surface area contributed by atoms with E-state index in [2.05, 4.69) is 38.4 Å². The quantitative estimate of drug-likeness (QED) is 0.775. The lowest BCUT2D eigenvalue weighted by Crippen LogP contribution is -2.24. The molecule has 2 N–H and O–H groups in total. The Kier molecular flexibility index (Phi) is 6.61. The number of methoxy groups -OCH3 is 1. The van der Waals surface area contributed by atoms with Crippen molar-refractivity contribution in [2.75, 3.05) is 20.7 Å². The van der Waals surface area contributed by atoms with Crippen molar-refractivity contribution >= 4 is 27.7 Å². The normalized spacial score (nSPS) is 9.56. The number of ether oxygens (including phenoxy) is 1. The molecule has 5 nitrogen and oxygen atoms in total. The van der Waals surface area contributed by atoms with Gasteiger partial charge in [0.05, 0.1) is 24.8 Å². The van der Waals surface area contributed by atoms with Crippen molar-refractivity contribution < 1.29 is 14.3 Å². The second-order valence-corrected chi connectivity index (χ2v) is 5.81. The Bertz CT molecular complexity index is 853. The highest BCUT2D eigenvalue weighted by Crippen LogP contribution is 2.22. The zero-order valence-electron chi connectivity index (χ0n) is 13.9. The summed E-state index contributed by atoms with van der Waals surface area (Å²) < 4.78 is 5.79. The highest BCUT2D eigenvalue weighted by atomic mass is 79.9. The number of halogens is 1. The Morgan fingerprint density at radius 2 is 1.88 bits per heavy atom. The van der Waals surface area contributed by atoms with Crippen LogP contribution in [0.1, 0.15) is 26.3 Å². The predicted octanol–water partition coefficient (Wildman–Crippen LogP) is 2.60. The minimum Gasteiger partial charge on any atom is -0.497 e. The lowest BCUT2D eigenvalue weighted by Gasteiger charge is -2.06. The number of carbonyl (C=O) groups is 2. The maximum absolute atomic E-state index is 12.2. The summed E-state index contributed by atoms with van der Waals surface area (Å²) >= 11 is 3.34. The standard InChI is InChI=1S/C19H17BrN2O3/c1-21-18(23)15-8-4-3-6-13(15)7-5-11-22-19(24)16-12-14(25-2)9-10-17(16)20/h3-4,6,8-10,12H,11H2,1-2H3,(H,21,23)(H,22,24). The molecule has 0 aliphatic rings. The topological polar surface area (TPSA) is 67.4 Å². The van der Waals surface area contributed by atoms with Crippen molar-refractivity contribution in [3.05, 3.63) is 63.6 Å². The Morgan fingerprint density at radius 3 is 2.60 bits per heavy atom. The minimum atomic E-state index is -0.264. The van der Waals surface area contributed by atoms with Crippen LogP contribution < -0.4 is 15.4 Å². The van der Waals surface area contributed by atoms with Gasteiger partial charge in [-0.1, -0.05) is 24.0 Å². The highest BCUT2D eigenvalue weighted by molar-refractivity contribution is 9.10. The monoisotopic (exact) mass is 400 g/mol. The molecule has 0 fully saturated rings. The first-order chi connectivity index (χ1) is 12.1. The van der Waals surface area contributed by atoms with Crippen LogP contribution in [0.3, 0.4) is 0 Å². The van der Waals surface area contributed by atoms with E-state index in [1.807, 2.05) is 6.07 Å². The molecule has 0 aliphatic heterocycles. The van der Waals surface area contributed by atoms with E-state index in [0.717, 1.165) is 0 Å². The molecule has 2 aromatic rings. The molecule has 128 valence electrons. The van der Waals surface area contributed by atoms with Crippen molar-refractivity contribution in [2.45, 2.75) is 0 Å². The maximum atomic E-state index is 12.2. The molecule has 0 saturated carbocycles. The summed E-state index contributed by atoms with van der Waals surface area (Å²) in [5, 5.41) is 5.30. The Balaban J connectivity index is 2.06. The molecule has 0 aliphatic carbocycles. The van der Waals surface area contributed by atoms with E-state index in [0.29, 0.717) is 26.9 Å². The first-order valence-electron chi connectivity index (χ1n) is 7.48. The van der Waals surface area contributed by atoms with Crippen LogP contribution in [0.25, 0.3) is 0 Å². The van der Waals surface area contributed by atoms with Crippen LogP contribution in [-0.2, 0) is 0 Å². The van der Waals surface area contributed by atoms with Gasteiger partial charge in [0.2, 0.25) is 0 Å². The number of nitrogens with one attached hydrogen (secondary N) is 2. The van der Waals surface area contributed by atoms with E-state index in [4.69, 9.17) is 4.74 Å². The fourth-order valence-corrected chi connectivity index (χ4v) is 2.52. The number of hydrogen-bond donors (Lipinski definition) is 2. The van der Waals surface area contributed by atoms with Gasteiger partial charge in [0.25, 0.3) is 11.8 Å². The van der Waals surface area contributed by atoms with Crippen molar-refractivity contribution in [3.8, 4) is 17.6 Å². The van der Waals surface area contributed by atoms with Gasteiger partial charge in [-0.15, -0.1) is 0 Å². The van der Waals surface area contributed by atoms with Crippen molar-refractivity contribution in [3.63, 3.8) is 0 Å². The Labute approximate surface area is 154 Å². The molecule has 0 heterocycles.